The van der Waals surface area contributed by atoms with Crippen molar-refractivity contribution < 1.29 is 4.74 Å². The second-order valence-electron chi connectivity index (χ2n) is 4.61. The molecule has 0 saturated heterocycles. The van der Waals surface area contributed by atoms with Crippen LogP contribution in [0, 0.1) is 0 Å². The SMILES string of the molecule is COCCNC(N)=NCCN(C(C)C)C(C)C.I. The molecule has 0 aromatic rings. The molecule has 0 spiro atoms. The maximum Gasteiger partial charge on any atom is 0.188 e. The van der Waals surface area contributed by atoms with E-state index in [1.807, 2.05) is 0 Å². The standard InChI is InChI=1S/C12H28N4O.HI/c1-10(2)16(11(3)4)8-6-14-12(13)15-7-9-17-5;/h10-11H,6-9H2,1-5H3,(H3,13,14,15);1H. The zero-order chi connectivity index (χ0) is 13.3. The van der Waals surface area contributed by atoms with Crippen LogP contribution >= 0.6 is 24.0 Å². The number of rotatable bonds is 8. The topological polar surface area (TPSA) is 62.9 Å². The Hall–Kier alpha value is -0.0800. The molecule has 0 heterocycles. The van der Waals surface area contributed by atoms with Gasteiger partial charge in [0.2, 0.25) is 0 Å². The van der Waals surface area contributed by atoms with E-state index in [2.05, 4.69) is 42.9 Å². The Morgan fingerprint density at radius 3 is 2.28 bits per heavy atom. The minimum Gasteiger partial charge on any atom is -0.383 e. The Labute approximate surface area is 129 Å². The summed E-state index contributed by atoms with van der Waals surface area (Å²) in [6, 6.07) is 1.07. The van der Waals surface area contributed by atoms with E-state index in [-0.39, 0.29) is 24.0 Å². The van der Waals surface area contributed by atoms with Crippen LogP contribution in [-0.2, 0) is 4.74 Å². The van der Waals surface area contributed by atoms with Gasteiger partial charge in [0.25, 0.3) is 0 Å². The number of ether oxygens (including phenoxy) is 1. The number of guanidine groups is 1. The quantitative estimate of drug-likeness (QED) is 0.292. The first-order valence-corrected chi connectivity index (χ1v) is 6.27. The Morgan fingerprint density at radius 2 is 1.83 bits per heavy atom. The second-order valence-corrected chi connectivity index (χ2v) is 4.61. The minimum atomic E-state index is 0. The predicted octanol–water partition coefficient (Wildman–Crippen LogP) is 1.27. The average molecular weight is 372 g/mol. The van der Waals surface area contributed by atoms with Crippen LogP contribution in [0.25, 0.3) is 0 Å². The lowest BCUT2D eigenvalue weighted by atomic mass is 10.2. The first kappa shape index (κ1) is 20.2. The van der Waals surface area contributed by atoms with Crippen LogP contribution in [-0.4, -0.2) is 56.3 Å². The number of hydrogen-bond acceptors (Lipinski definition) is 3. The summed E-state index contributed by atoms with van der Waals surface area (Å²) in [5, 5.41) is 3.00. The highest BCUT2D eigenvalue weighted by Gasteiger charge is 2.11. The van der Waals surface area contributed by atoms with Crippen molar-refractivity contribution in [3.63, 3.8) is 0 Å². The summed E-state index contributed by atoms with van der Waals surface area (Å²) in [5.41, 5.74) is 5.72. The normalized spacial score (nSPS) is 12.1. The molecule has 0 fully saturated rings. The number of nitrogens with one attached hydrogen (secondary N) is 1. The van der Waals surface area contributed by atoms with E-state index in [0.29, 0.717) is 31.2 Å². The lowest BCUT2D eigenvalue weighted by Gasteiger charge is -2.29. The first-order chi connectivity index (χ1) is 7.99. The van der Waals surface area contributed by atoms with Gasteiger partial charge in [0.05, 0.1) is 13.2 Å². The van der Waals surface area contributed by atoms with Gasteiger partial charge in [-0.25, -0.2) is 0 Å². The summed E-state index contributed by atoms with van der Waals surface area (Å²) in [6.45, 7) is 11.8. The van der Waals surface area contributed by atoms with Crippen molar-refractivity contribution in [2.45, 2.75) is 39.8 Å². The maximum absolute atomic E-state index is 5.72. The second kappa shape index (κ2) is 12.0. The summed E-state index contributed by atoms with van der Waals surface area (Å²) >= 11 is 0. The highest BCUT2D eigenvalue weighted by molar-refractivity contribution is 14.0. The lowest BCUT2D eigenvalue weighted by Crippen LogP contribution is -2.40. The summed E-state index contributed by atoms with van der Waals surface area (Å²) in [5.74, 6) is 0.495. The first-order valence-electron chi connectivity index (χ1n) is 6.27. The molecule has 3 N–H and O–H groups in total. The fraction of sp³-hybridized carbons (Fsp3) is 0.917. The van der Waals surface area contributed by atoms with Gasteiger partial charge in [-0.15, -0.1) is 24.0 Å². The maximum atomic E-state index is 5.72. The number of nitrogens with zero attached hydrogens (tertiary/aromatic N) is 2. The van der Waals surface area contributed by atoms with Crippen molar-refractivity contribution in [2.75, 3.05) is 33.4 Å². The van der Waals surface area contributed by atoms with E-state index < -0.39 is 0 Å². The molecule has 0 aliphatic heterocycles. The van der Waals surface area contributed by atoms with Crippen molar-refractivity contribution in [2.24, 2.45) is 10.7 Å². The Kier molecular flexibility index (Phi) is 13.5. The monoisotopic (exact) mass is 372 g/mol. The van der Waals surface area contributed by atoms with Crippen molar-refractivity contribution in [1.82, 2.24) is 10.2 Å². The molecule has 0 atom stereocenters. The van der Waals surface area contributed by atoms with Gasteiger partial charge in [-0.1, -0.05) is 0 Å². The Balaban J connectivity index is 0. The Morgan fingerprint density at radius 1 is 1.28 bits per heavy atom. The van der Waals surface area contributed by atoms with E-state index >= 15 is 0 Å². The number of aliphatic imine (C=N–C) groups is 1. The van der Waals surface area contributed by atoms with Crippen LogP contribution in [0.15, 0.2) is 4.99 Å². The fourth-order valence-corrected chi connectivity index (χ4v) is 1.74. The molecule has 6 heteroatoms. The van der Waals surface area contributed by atoms with Gasteiger partial charge in [-0.2, -0.15) is 0 Å². The van der Waals surface area contributed by atoms with Gasteiger partial charge in [-0.05, 0) is 27.7 Å². The fourth-order valence-electron chi connectivity index (χ4n) is 1.74. The van der Waals surface area contributed by atoms with E-state index in [1.165, 1.54) is 0 Å². The molecule has 0 aromatic carbocycles. The van der Waals surface area contributed by atoms with Crippen molar-refractivity contribution >= 4 is 29.9 Å². The third-order valence-corrected chi connectivity index (χ3v) is 2.58. The van der Waals surface area contributed by atoms with E-state index in [9.17, 15) is 0 Å². The molecule has 0 aliphatic carbocycles. The molecular weight excluding hydrogens is 343 g/mol. The molecule has 0 aromatic heterocycles. The van der Waals surface area contributed by atoms with Crippen LogP contribution in [0.1, 0.15) is 27.7 Å². The Bertz CT molecular complexity index is 214. The summed E-state index contributed by atoms with van der Waals surface area (Å²) in [6.07, 6.45) is 0. The van der Waals surface area contributed by atoms with Crippen LogP contribution < -0.4 is 11.1 Å². The largest absolute Gasteiger partial charge is 0.383 e. The predicted molar refractivity (Wildman–Crippen MR) is 88.8 cm³/mol. The van der Waals surface area contributed by atoms with Gasteiger partial charge >= 0.3 is 0 Å². The van der Waals surface area contributed by atoms with E-state index in [0.717, 1.165) is 13.1 Å². The van der Waals surface area contributed by atoms with E-state index in [1.54, 1.807) is 7.11 Å². The van der Waals surface area contributed by atoms with Crippen molar-refractivity contribution in [3.8, 4) is 0 Å². The zero-order valence-corrected chi connectivity index (χ0v) is 14.6. The van der Waals surface area contributed by atoms with Gasteiger partial charge < -0.3 is 15.8 Å². The third-order valence-electron chi connectivity index (χ3n) is 2.58. The molecule has 18 heavy (non-hydrogen) atoms. The van der Waals surface area contributed by atoms with Gasteiger partial charge in [0.1, 0.15) is 0 Å². The third kappa shape index (κ3) is 9.90. The molecule has 0 radical (unpaired) electrons. The molecule has 0 bridgehead atoms. The smallest absolute Gasteiger partial charge is 0.188 e. The van der Waals surface area contributed by atoms with E-state index in [4.69, 9.17) is 10.5 Å². The van der Waals surface area contributed by atoms with Crippen molar-refractivity contribution in [3.05, 3.63) is 0 Å². The molecule has 0 aliphatic rings. The van der Waals surface area contributed by atoms with Crippen LogP contribution in [0.4, 0.5) is 0 Å². The lowest BCUT2D eigenvalue weighted by molar-refractivity contribution is 0.181. The molecule has 0 unspecified atom stereocenters. The van der Waals surface area contributed by atoms with Crippen molar-refractivity contribution in [1.29, 1.82) is 0 Å². The van der Waals surface area contributed by atoms with Gasteiger partial charge in [-0.3, -0.25) is 9.89 Å². The molecule has 0 amide bonds. The summed E-state index contributed by atoms with van der Waals surface area (Å²) in [7, 11) is 1.66. The molecule has 0 rings (SSSR count). The van der Waals surface area contributed by atoms with Gasteiger partial charge in [0, 0.05) is 32.3 Å². The number of nitrogens with two attached hydrogens (primary N) is 1. The van der Waals surface area contributed by atoms with Crippen LogP contribution in [0.5, 0.6) is 0 Å². The highest BCUT2D eigenvalue weighted by Crippen LogP contribution is 2.03. The molecular formula is C12H29IN4O. The average Bonchev–Trinajstić information content (AvgIpc) is 2.23. The number of methoxy groups -OCH3 is 1. The molecule has 0 saturated carbocycles. The zero-order valence-electron chi connectivity index (χ0n) is 12.3. The highest BCUT2D eigenvalue weighted by atomic mass is 127. The summed E-state index contributed by atoms with van der Waals surface area (Å²) in [4.78, 5) is 6.68. The minimum absolute atomic E-state index is 0. The van der Waals surface area contributed by atoms with Crippen LogP contribution in [0.3, 0.4) is 0 Å². The molecule has 5 nitrogen and oxygen atoms in total. The number of halogens is 1. The van der Waals surface area contributed by atoms with Crippen LogP contribution in [0.2, 0.25) is 0 Å². The molecule has 110 valence electrons. The van der Waals surface area contributed by atoms with Gasteiger partial charge in [0.15, 0.2) is 5.96 Å². The summed E-state index contributed by atoms with van der Waals surface area (Å²) < 4.78 is 4.92. The number of hydrogen-bond donors (Lipinski definition) is 2.